The van der Waals surface area contributed by atoms with E-state index in [2.05, 4.69) is 9.88 Å². The van der Waals surface area contributed by atoms with E-state index >= 15 is 0 Å². The Labute approximate surface area is 159 Å². The van der Waals surface area contributed by atoms with Crippen molar-refractivity contribution in [3.63, 3.8) is 0 Å². The molecule has 0 spiro atoms. The molecule has 0 bridgehead atoms. The molecule has 3 rings (SSSR count). The summed E-state index contributed by atoms with van der Waals surface area (Å²) in [4.78, 5) is 11.1. The van der Waals surface area contributed by atoms with Crippen LogP contribution in [-0.2, 0) is 10.0 Å². The van der Waals surface area contributed by atoms with Gasteiger partial charge in [-0.25, -0.2) is 8.42 Å². The normalized spacial score (nSPS) is 11.8. The van der Waals surface area contributed by atoms with Crippen LogP contribution in [-0.4, -0.2) is 18.5 Å². The summed E-state index contributed by atoms with van der Waals surface area (Å²) >= 11 is 1.03. The van der Waals surface area contributed by atoms with Crippen LogP contribution >= 0.6 is 11.3 Å². The van der Waals surface area contributed by atoms with E-state index < -0.39 is 14.9 Å². The van der Waals surface area contributed by atoms with Gasteiger partial charge in [-0.2, -0.15) is 0 Å². The maximum atomic E-state index is 12.5. The zero-order valence-corrected chi connectivity index (χ0v) is 16.0. The van der Waals surface area contributed by atoms with Crippen molar-refractivity contribution in [2.75, 3.05) is 4.72 Å². The van der Waals surface area contributed by atoms with E-state index in [1.54, 1.807) is 24.3 Å². The number of nitro groups is 1. The molecule has 0 fully saturated rings. The second-order valence-corrected chi connectivity index (χ2v) is 8.72. The number of nitrogens with zero attached hydrogens (tertiary/aromatic N) is 2. The summed E-state index contributed by atoms with van der Waals surface area (Å²) in [6.07, 6.45) is 2.94. The molecule has 2 heterocycles. The van der Waals surface area contributed by atoms with Gasteiger partial charge in [0, 0.05) is 10.6 Å². The minimum Gasteiger partial charge on any atom is -0.349 e. The first kappa shape index (κ1) is 18.8. The summed E-state index contributed by atoms with van der Waals surface area (Å²) < 4.78 is 32.5. The molecular formula is C17H15N3O5S2. The Morgan fingerprint density at radius 2 is 1.85 bits per heavy atom. The Bertz CT molecular complexity index is 1110. The molecule has 0 aliphatic rings. The highest BCUT2D eigenvalue weighted by Crippen LogP contribution is 2.28. The lowest BCUT2D eigenvalue weighted by Crippen LogP contribution is -2.11. The molecule has 1 aromatic carbocycles. The van der Waals surface area contributed by atoms with Crippen molar-refractivity contribution in [2.45, 2.75) is 18.1 Å². The summed E-state index contributed by atoms with van der Waals surface area (Å²) in [5.41, 5.74) is 1.46. The Morgan fingerprint density at radius 3 is 2.52 bits per heavy atom. The largest absolute Gasteiger partial charge is 0.349 e. The van der Waals surface area contributed by atoms with Crippen molar-refractivity contribution in [1.82, 2.24) is 5.16 Å². The maximum absolute atomic E-state index is 12.5. The van der Waals surface area contributed by atoms with E-state index in [1.165, 1.54) is 19.1 Å². The number of hydrogen-bond acceptors (Lipinski definition) is 7. The third-order valence-corrected chi connectivity index (χ3v) is 6.53. The molecule has 0 amide bonds. The van der Waals surface area contributed by atoms with Crippen LogP contribution < -0.4 is 4.72 Å². The lowest BCUT2D eigenvalue weighted by molar-refractivity contribution is -0.386. The van der Waals surface area contributed by atoms with Crippen LogP contribution in [0.15, 0.2) is 45.1 Å². The average molecular weight is 405 g/mol. The molecule has 10 heteroatoms. The number of sulfonamides is 1. The molecule has 140 valence electrons. The zero-order valence-electron chi connectivity index (χ0n) is 14.4. The first-order chi connectivity index (χ1) is 12.8. The van der Waals surface area contributed by atoms with E-state index in [4.69, 9.17) is 4.52 Å². The van der Waals surface area contributed by atoms with Crippen molar-refractivity contribution in [3.8, 4) is 0 Å². The molecule has 0 radical (unpaired) electrons. The third-order valence-electron chi connectivity index (χ3n) is 3.61. The van der Waals surface area contributed by atoms with Crippen LogP contribution in [0.5, 0.6) is 0 Å². The van der Waals surface area contributed by atoms with E-state index in [1.807, 2.05) is 19.1 Å². The Hall–Kier alpha value is -2.98. The molecule has 0 unspecified atom stereocenters. The molecule has 0 atom stereocenters. The Morgan fingerprint density at radius 1 is 1.15 bits per heavy atom. The van der Waals surface area contributed by atoms with E-state index in [0.29, 0.717) is 10.6 Å². The predicted molar refractivity (Wildman–Crippen MR) is 103 cm³/mol. The second-order valence-electron chi connectivity index (χ2n) is 5.70. The Kier molecular flexibility index (Phi) is 5.10. The number of benzene rings is 1. The minimum atomic E-state index is -3.72. The molecule has 0 saturated carbocycles. The summed E-state index contributed by atoms with van der Waals surface area (Å²) in [6, 6.07) is 10.1. The van der Waals surface area contributed by atoms with Gasteiger partial charge in [-0.3, -0.25) is 14.8 Å². The van der Waals surface area contributed by atoms with Gasteiger partial charge in [0.2, 0.25) is 5.76 Å². The fourth-order valence-corrected chi connectivity index (χ4v) is 4.55. The van der Waals surface area contributed by atoms with Gasteiger partial charge in [0.1, 0.15) is 4.21 Å². The van der Waals surface area contributed by atoms with Gasteiger partial charge < -0.3 is 4.52 Å². The van der Waals surface area contributed by atoms with Crippen molar-refractivity contribution in [2.24, 2.45) is 0 Å². The van der Waals surface area contributed by atoms with Gasteiger partial charge in [0.15, 0.2) is 5.69 Å². The van der Waals surface area contributed by atoms with Crippen LogP contribution in [0.2, 0.25) is 0 Å². The summed E-state index contributed by atoms with van der Waals surface area (Å²) in [5.74, 6) is 0.00749. The van der Waals surface area contributed by atoms with Crippen LogP contribution in [0.3, 0.4) is 0 Å². The standard InChI is InChI=1S/C17H15N3O5S2/c1-11-3-5-13(6-4-11)19-27(23,24)16-10-8-14(26-16)7-9-15-17(20(21)22)12(2)18-25-15/h3-10,19H,1-2H3. The average Bonchev–Trinajstić information content (AvgIpc) is 3.22. The highest BCUT2D eigenvalue weighted by atomic mass is 32.2. The fourth-order valence-electron chi connectivity index (χ4n) is 2.27. The molecule has 3 aromatic rings. The SMILES string of the molecule is Cc1ccc(NS(=O)(=O)c2ccc(C=Cc3onc(C)c3[N+](=O)[O-])s2)cc1. The van der Waals surface area contributed by atoms with Gasteiger partial charge in [-0.05, 0) is 50.3 Å². The Balaban J connectivity index is 1.80. The fraction of sp³-hybridized carbons (Fsp3) is 0.118. The van der Waals surface area contributed by atoms with Crippen molar-refractivity contribution >= 4 is 44.9 Å². The summed E-state index contributed by atoms with van der Waals surface area (Å²) in [7, 11) is -3.72. The van der Waals surface area contributed by atoms with Gasteiger partial charge in [0.25, 0.3) is 10.0 Å². The molecule has 0 saturated heterocycles. The zero-order chi connectivity index (χ0) is 19.6. The first-order valence-electron chi connectivity index (χ1n) is 7.74. The van der Waals surface area contributed by atoms with Crippen molar-refractivity contribution in [1.29, 1.82) is 0 Å². The number of thiophene rings is 1. The highest BCUT2D eigenvalue weighted by Gasteiger charge is 2.22. The summed E-state index contributed by atoms with van der Waals surface area (Å²) in [5, 5.41) is 14.6. The quantitative estimate of drug-likeness (QED) is 0.485. The summed E-state index contributed by atoms with van der Waals surface area (Å²) in [6.45, 7) is 3.39. The number of hydrogen-bond donors (Lipinski definition) is 1. The number of aromatic nitrogens is 1. The predicted octanol–water partition coefficient (Wildman–Crippen LogP) is 4.23. The molecular weight excluding hydrogens is 390 g/mol. The first-order valence-corrected chi connectivity index (χ1v) is 10.0. The topological polar surface area (TPSA) is 115 Å². The molecule has 0 aliphatic carbocycles. The minimum absolute atomic E-state index is 0.00749. The van der Waals surface area contributed by atoms with E-state index in [9.17, 15) is 18.5 Å². The van der Waals surface area contributed by atoms with Crippen LogP contribution in [0.4, 0.5) is 11.4 Å². The van der Waals surface area contributed by atoms with E-state index in [0.717, 1.165) is 16.9 Å². The maximum Gasteiger partial charge on any atom is 0.338 e. The van der Waals surface area contributed by atoms with Crippen LogP contribution in [0.25, 0.3) is 12.2 Å². The van der Waals surface area contributed by atoms with Crippen LogP contribution in [0.1, 0.15) is 21.9 Å². The second kappa shape index (κ2) is 7.33. The number of anilines is 1. The third kappa shape index (κ3) is 4.23. The molecule has 27 heavy (non-hydrogen) atoms. The number of rotatable bonds is 6. The highest BCUT2D eigenvalue weighted by molar-refractivity contribution is 7.94. The molecule has 0 aliphatic heterocycles. The monoisotopic (exact) mass is 405 g/mol. The van der Waals surface area contributed by atoms with Crippen molar-refractivity contribution < 1.29 is 17.9 Å². The number of aryl methyl sites for hydroxylation is 2. The lowest BCUT2D eigenvalue weighted by Gasteiger charge is -2.06. The number of nitrogens with one attached hydrogen (secondary N) is 1. The smallest absolute Gasteiger partial charge is 0.338 e. The van der Waals surface area contributed by atoms with Gasteiger partial charge in [-0.15, -0.1) is 11.3 Å². The lowest BCUT2D eigenvalue weighted by atomic mass is 10.2. The van der Waals surface area contributed by atoms with Gasteiger partial charge in [-0.1, -0.05) is 22.9 Å². The molecule has 2 aromatic heterocycles. The van der Waals surface area contributed by atoms with Gasteiger partial charge in [0.05, 0.1) is 4.92 Å². The van der Waals surface area contributed by atoms with Crippen molar-refractivity contribution in [3.05, 3.63) is 68.4 Å². The molecule has 8 nitrogen and oxygen atoms in total. The van der Waals surface area contributed by atoms with E-state index in [-0.39, 0.29) is 21.4 Å². The van der Waals surface area contributed by atoms with Crippen LogP contribution in [0, 0.1) is 24.0 Å². The molecule has 1 N–H and O–H groups in total. The van der Waals surface area contributed by atoms with Gasteiger partial charge >= 0.3 is 5.69 Å².